The van der Waals surface area contributed by atoms with E-state index in [1.807, 2.05) is 60.7 Å². The molecule has 190 valence electrons. The van der Waals surface area contributed by atoms with Crippen molar-refractivity contribution in [2.45, 2.75) is 23.7 Å². The molecule has 0 spiro atoms. The molecule has 3 atom stereocenters. The highest BCUT2D eigenvalue weighted by molar-refractivity contribution is 6.28. The minimum Gasteiger partial charge on any atom is -0.273 e. The molecular weight excluding hydrogens is 493 g/mol. The van der Waals surface area contributed by atoms with Crippen LogP contribution in [-0.2, 0) is 26.0 Å². The van der Waals surface area contributed by atoms with Gasteiger partial charge < -0.3 is 0 Å². The summed E-state index contributed by atoms with van der Waals surface area (Å²) < 4.78 is 40.6. The van der Waals surface area contributed by atoms with E-state index in [1.165, 1.54) is 12.1 Å². The maximum Gasteiger partial charge on any atom is 0.416 e. The van der Waals surface area contributed by atoms with Gasteiger partial charge in [0, 0.05) is 0 Å². The maximum absolute atomic E-state index is 14.6. The van der Waals surface area contributed by atoms with Gasteiger partial charge in [-0.1, -0.05) is 84.9 Å². The van der Waals surface area contributed by atoms with Gasteiger partial charge in [0.15, 0.2) is 6.10 Å². The quantitative estimate of drug-likeness (QED) is 0.310. The highest BCUT2D eigenvalue weighted by Crippen LogP contribution is 2.57. The van der Waals surface area contributed by atoms with Crippen molar-refractivity contribution in [1.82, 2.24) is 0 Å². The summed E-state index contributed by atoms with van der Waals surface area (Å²) in [6, 6.07) is 30.6. The molecule has 2 aliphatic heterocycles. The van der Waals surface area contributed by atoms with E-state index in [2.05, 4.69) is 0 Å². The van der Waals surface area contributed by atoms with Gasteiger partial charge in [-0.15, -0.1) is 0 Å². The van der Waals surface area contributed by atoms with E-state index in [4.69, 9.17) is 4.84 Å². The number of hydroxylamine groups is 1. The van der Waals surface area contributed by atoms with Crippen LogP contribution in [0.1, 0.15) is 22.7 Å². The number of halogens is 3. The summed E-state index contributed by atoms with van der Waals surface area (Å²) in [7, 11) is 0. The smallest absolute Gasteiger partial charge is 0.273 e. The van der Waals surface area contributed by atoms with Crippen molar-refractivity contribution in [1.29, 1.82) is 0 Å². The molecule has 2 fully saturated rings. The third-order valence-corrected chi connectivity index (χ3v) is 7.11. The lowest BCUT2D eigenvalue weighted by atomic mass is 9.69. The van der Waals surface area contributed by atoms with E-state index in [0.717, 1.165) is 22.6 Å². The zero-order valence-electron chi connectivity index (χ0n) is 19.9. The van der Waals surface area contributed by atoms with E-state index < -0.39 is 41.1 Å². The first kappa shape index (κ1) is 23.9. The van der Waals surface area contributed by atoms with Gasteiger partial charge in [-0.3, -0.25) is 14.4 Å². The molecule has 8 heteroatoms. The first-order chi connectivity index (χ1) is 18.3. The van der Waals surface area contributed by atoms with Crippen molar-refractivity contribution >= 4 is 23.2 Å². The van der Waals surface area contributed by atoms with E-state index in [-0.39, 0.29) is 5.69 Å². The van der Waals surface area contributed by atoms with Crippen molar-refractivity contribution in [3.63, 3.8) is 0 Å². The molecule has 4 aromatic rings. The predicted molar refractivity (Wildman–Crippen MR) is 135 cm³/mol. The lowest BCUT2D eigenvalue weighted by molar-refractivity contribution is -0.137. The lowest BCUT2D eigenvalue weighted by Crippen LogP contribution is -2.46. The van der Waals surface area contributed by atoms with Gasteiger partial charge in [0.25, 0.3) is 5.91 Å². The Balaban J connectivity index is 1.59. The van der Waals surface area contributed by atoms with Gasteiger partial charge in [0.2, 0.25) is 5.91 Å². The third-order valence-electron chi connectivity index (χ3n) is 7.11. The number of carbonyl (C=O) groups is 2. The van der Waals surface area contributed by atoms with Crippen LogP contribution in [-0.4, -0.2) is 17.9 Å². The van der Waals surface area contributed by atoms with Crippen molar-refractivity contribution in [2.75, 3.05) is 9.96 Å². The van der Waals surface area contributed by atoms with Gasteiger partial charge in [-0.2, -0.15) is 13.2 Å². The standard InChI is InChI=1S/C30H21F3N2O3/c31-30(32,33)22-15-10-18-24(19-22)34-27(36)26-29(28(34)37,21-13-6-2-7-14-21)25(20-11-4-1-5-12-20)35(38-26)23-16-8-3-9-17-23/h1-19,25-26H. The average molecular weight is 515 g/mol. The molecular formula is C30H21F3N2O3. The largest absolute Gasteiger partial charge is 0.416 e. The highest BCUT2D eigenvalue weighted by atomic mass is 19.4. The molecule has 0 N–H and O–H groups in total. The topological polar surface area (TPSA) is 49.9 Å². The summed E-state index contributed by atoms with van der Waals surface area (Å²) in [5.74, 6) is -1.37. The summed E-state index contributed by atoms with van der Waals surface area (Å²) >= 11 is 0. The Labute approximate surface area is 216 Å². The Morgan fingerprint density at radius 3 is 1.92 bits per heavy atom. The molecule has 4 aromatic carbocycles. The normalized spacial score (nSPS) is 23.1. The number of carbonyl (C=O) groups excluding carboxylic acids is 2. The molecule has 2 amide bonds. The van der Waals surface area contributed by atoms with E-state index >= 15 is 0 Å². The summed E-state index contributed by atoms with van der Waals surface area (Å²) in [5.41, 5.74) is -0.782. The van der Waals surface area contributed by atoms with Crippen molar-refractivity contribution in [2.24, 2.45) is 0 Å². The maximum atomic E-state index is 14.6. The van der Waals surface area contributed by atoms with Crippen LogP contribution in [0.4, 0.5) is 24.5 Å². The summed E-state index contributed by atoms with van der Waals surface area (Å²) in [6.07, 6.45) is -5.94. The number of rotatable bonds is 4. The lowest BCUT2D eigenvalue weighted by Gasteiger charge is -2.35. The summed E-state index contributed by atoms with van der Waals surface area (Å²) in [4.78, 5) is 35.7. The Hall–Kier alpha value is -4.43. The number of amides is 2. The predicted octanol–water partition coefficient (Wildman–Crippen LogP) is 6.08. The van der Waals surface area contributed by atoms with Gasteiger partial charge in [0.1, 0.15) is 11.5 Å². The number of para-hydroxylation sites is 1. The molecule has 38 heavy (non-hydrogen) atoms. The van der Waals surface area contributed by atoms with E-state index in [0.29, 0.717) is 11.3 Å². The van der Waals surface area contributed by atoms with Gasteiger partial charge in [0.05, 0.1) is 16.9 Å². The molecule has 0 bridgehead atoms. The number of imide groups is 1. The number of fused-ring (bicyclic) bond motifs is 1. The second kappa shape index (κ2) is 8.85. The van der Waals surface area contributed by atoms with Gasteiger partial charge >= 0.3 is 6.18 Å². The van der Waals surface area contributed by atoms with Crippen LogP contribution in [0.15, 0.2) is 115 Å². The number of benzene rings is 4. The number of nitrogens with zero attached hydrogens (tertiary/aromatic N) is 2. The SMILES string of the molecule is O=C1C2ON(c3ccccc3)C(c3ccccc3)C2(c2ccccc2)C(=O)N1c1cccc(C(F)(F)F)c1. The van der Waals surface area contributed by atoms with Crippen molar-refractivity contribution in [3.8, 4) is 0 Å². The van der Waals surface area contributed by atoms with Crippen LogP contribution in [0.2, 0.25) is 0 Å². The fourth-order valence-electron chi connectivity index (χ4n) is 5.49. The molecule has 5 nitrogen and oxygen atoms in total. The first-order valence-corrected chi connectivity index (χ1v) is 12.0. The molecule has 2 saturated heterocycles. The average Bonchev–Trinajstić information content (AvgIpc) is 3.41. The monoisotopic (exact) mass is 514 g/mol. The van der Waals surface area contributed by atoms with Gasteiger partial charge in [-0.05, 0) is 41.5 Å². The van der Waals surface area contributed by atoms with Crippen LogP contribution >= 0.6 is 0 Å². The summed E-state index contributed by atoms with van der Waals surface area (Å²) in [5, 5.41) is 1.58. The Morgan fingerprint density at radius 1 is 0.711 bits per heavy atom. The molecule has 0 aliphatic carbocycles. The Bertz CT molecular complexity index is 1500. The van der Waals surface area contributed by atoms with Crippen LogP contribution in [0.3, 0.4) is 0 Å². The van der Waals surface area contributed by atoms with Crippen LogP contribution in [0, 0.1) is 0 Å². The zero-order chi connectivity index (χ0) is 26.5. The molecule has 0 saturated carbocycles. The number of alkyl halides is 3. The minimum absolute atomic E-state index is 0.152. The molecule has 2 aliphatic rings. The number of anilines is 2. The molecule has 2 heterocycles. The Kier molecular flexibility index (Phi) is 5.57. The highest BCUT2D eigenvalue weighted by Gasteiger charge is 2.72. The molecule has 0 radical (unpaired) electrons. The fraction of sp³-hybridized carbons (Fsp3) is 0.133. The minimum atomic E-state index is -4.64. The summed E-state index contributed by atoms with van der Waals surface area (Å²) in [6.45, 7) is 0. The molecule has 0 aromatic heterocycles. The third kappa shape index (κ3) is 3.52. The van der Waals surface area contributed by atoms with Gasteiger partial charge in [-0.25, -0.2) is 9.96 Å². The molecule has 3 unspecified atom stereocenters. The second-order valence-electron chi connectivity index (χ2n) is 9.22. The Morgan fingerprint density at radius 2 is 1.29 bits per heavy atom. The van der Waals surface area contributed by atoms with Crippen LogP contribution < -0.4 is 9.96 Å². The van der Waals surface area contributed by atoms with E-state index in [9.17, 15) is 22.8 Å². The number of hydrogen-bond acceptors (Lipinski definition) is 4. The first-order valence-electron chi connectivity index (χ1n) is 12.0. The van der Waals surface area contributed by atoms with E-state index in [1.54, 1.807) is 35.4 Å². The van der Waals surface area contributed by atoms with Crippen molar-refractivity contribution in [3.05, 3.63) is 132 Å². The number of hydrogen-bond donors (Lipinski definition) is 0. The van der Waals surface area contributed by atoms with Crippen LogP contribution in [0.25, 0.3) is 0 Å². The fourth-order valence-corrected chi connectivity index (χ4v) is 5.49. The molecule has 6 rings (SSSR count). The second-order valence-corrected chi connectivity index (χ2v) is 9.22. The van der Waals surface area contributed by atoms with Crippen LogP contribution in [0.5, 0.6) is 0 Å². The van der Waals surface area contributed by atoms with Crippen molar-refractivity contribution < 1.29 is 27.6 Å². The zero-order valence-corrected chi connectivity index (χ0v) is 19.9.